The summed E-state index contributed by atoms with van der Waals surface area (Å²) in [5.74, 6) is 1.74. The fraction of sp³-hybridized carbons (Fsp3) is 0.435. The molecule has 0 unspecified atom stereocenters. The Morgan fingerprint density at radius 1 is 1.23 bits per heavy atom. The molecule has 1 fully saturated rings. The van der Waals surface area contributed by atoms with Gasteiger partial charge < -0.3 is 18.9 Å². The molecule has 7 nitrogen and oxygen atoms in total. The van der Waals surface area contributed by atoms with Crippen LogP contribution in [-0.4, -0.2) is 52.1 Å². The number of likely N-dealkylation sites (tertiary alicyclic amines) is 1. The molecule has 1 aromatic carbocycles. The van der Waals surface area contributed by atoms with Crippen LogP contribution in [0.5, 0.6) is 5.75 Å². The highest BCUT2D eigenvalue weighted by Crippen LogP contribution is 2.42. The SMILES string of the molecule is COc1ccc2c(c1)CCOC21CCN(C(=O)c2ccnc3c2nc(C)n3C)CC1. The minimum Gasteiger partial charge on any atom is -0.497 e. The van der Waals surface area contributed by atoms with E-state index in [0.29, 0.717) is 30.8 Å². The van der Waals surface area contributed by atoms with E-state index in [0.717, 1.165) is 36.5 Å². The van der Waals surface area contributed by atoms with Crippen molar-refractivity contribution in [3.63, 3.8) is 0 Å². The van der Waals surface area contributed by atoms with Gasteiger partial charge in [-0.2, -0.15) is 0 Å². The minimum atomic E-state index is -0.314. The van der Waals surface area contributed by atoms with E-state index in [4.69, 9.17) is 9.47 Å². The second kappa shape index (κ2) is 7.09. The van der Waals surface area contributed by atoms with Gasteiger partial charge in [-0.1, -0.05) is 6.07 Å². The second-order valence-electron chi connectivity index (χ2n) is 8.16. The average molecular weight is 406 g/mol. The smallest absolute Gasteiger partial charge is 0.256 e. The van der Waals surface area contributed by atoms with Gasteiger partial charge in [-0.15, -0.1) is 0 Å². The number of methoxy groups -OCH3 is 1. The van der Waals surface area contributed by atoms with Crippen LogP contribution in [0.1, 0.15) is 40.2 Å². The molecular formula is C23H26N4O3. The van der Waals surface area contributed by atoms with Crippen LogP contribution in [0, 0.1) is 6.92 Å². The van der Waals surface area contributed by atoms with Gasteiger partial charge in [-0.05, 0) is 55.5 Å². The van der Waals surface area contributed by atoms with Crippen molar-refractivity contribution in [3.8, 4) is 5.75 Å². The molecule has 156 valence electrons. The molecule has 0 saturated carbocycles. The summed E-state index contributed by atoms with van der Waals surface area (Å²) in [6, 6.07) is 8.03. The fourth-order valence-corrected chi connectivity index (χ4v) is 4.80. The Labute approximate surface area is 175 Å². The number of pyridine rings is 1. The largest absolute Gasteiger partial charge is 0.497 e. The molecule has 0 bridgehead atoms. The summed E-state index contributed by atoms with van der Waals surface area (Å²) in [5, 5.41) is 0. The van der Waals surface area contributed by atoms with Crippen molar-refractivity contribution in [1.29, 1.82) is 0 Å². The molecule has 0 N–H and O–H groups in total. The number of fused-ring (bicyclic) bond motifs is 3. The standard InChI is InChI=1S/C23H26N4O3/c1-15-25-20-18(6-10-24-21(20)26(15)2)22(28)27-11-8-23(9-12-27)19-5-4-17(29-3)14-16(19)7-13-30-23/h4-6,10,14H,7-9,11-13H2,1-3H3. The molecule has 0 radical (unpaired) electrons. The first-order chi connectivity index (χ1) is 14.5. The van der Waals surface area contributed by atoms with Crippen LogP contribution >= 0.6 is 0 Å². The van der Waals surface area contributed by atoms with Gasteiger partial charge in [0.25, 0.3) is 5.91 Å². The molecule has 4 heterocycles. The number of imidazole rings is 1. The third-order valence-electron chi connectivity index (χ3n) is 6.62. The van der Waals surface area contributed by atoms with Crippen LogP contribution in [0.4, 0.5) is 0 Å². The molecule has 1 saturated heterocycles. The Bertz CT molecular complexity index is 1130. The first-order valence-corrected chi connectivity index (χ1v) is 10.4. The van der Waals surface area contributed by atoms with Crippen molar-refractivity contribution in [2.24, 2.45) is 7.05 Å². The number of carbonyl (C=O) groups is 1. The topological polar surface area (TPSA) is 69.5 Å². The zero-order valence-corrected chi connectivity index (χ0v) is 17.6. The van der Waals surface area contributed by atoms with E-state index in [1.54, 1.807) is 19.4 Å². The van der Waals surface area contributed by atoms with Crippen molar-refractivity contribution < 1.29 is 14.3 Å². The van der Waals surface area contributed by atoms with Gasteiger partial charge in [0.2, 0.25) is 0 Å². The van der Waals surface area contributed by atoms with E-state index in [2.05, 4.69) is 22.1 Å². The summed E-state index contributed by atoms with van der Waals surface area (Å²) in [6.45, 7) is 3.93. The molecule has 7 heteroatoms. The van der Waals surface area contributed by atoms with Crippen molar-refractivity contribution in [1.82, 2.24) is 19.4 Å². The lowest BCUT2D eigenvalue weighted by atomic mass is 9.79. The van der Waals surface area contributed by atoms with E-state index in [1.807, 2.05) is 29.5 Å². The van der Waals surface area contributed by atoms with E-state index in [1.165, 1.54) is 11.1 Å². The Hall–Kier alpha value is -2.93. The van der Waals surface area contributed by atoms with E-state index >= 15 is 0 Å². The van der Waals surface area contributed by atoms with Gasteiger partial charge in [-0.3, -0.25) is 4.79 Å². The van der Waals surface area contributed by atoms with E-state index < -0.39 is 0 Å². The Morgan fingerprint density at radius 2 is 2.03 bits per heavy atom. The number of nitrogens with zero attached hydrogens (tertiary/aromatic N) is 4. The number of aromatic nitrogens is 3. The maximum absolute atomic E-state index is 13.3. The molecule has 2 aliphatic rings. The molecule has 0 aliphatic carbocycles. The molecule has 1 spiro atoms. The lowest BCUT2D eigenvalue weighted by molar-refractivity contribution is -0.0935. The Balaban J connectivity index is 1.40. The van der Waals surface area contributed by atoms with Gasteiger partial charge in [-0.25, -0.2) is 9.97 Å². The highest BCUT2D eigenvalue weighted by atomic mass is 16.5. The third-order valence-corrected chi connectivity index (χ3v) is 6.62. The summed E-state index contributed by atoms with van der Waals surface area (Å²) in [4.78, 5) is 24.2. The van der Waals surface area contributed by atoms with Crippen LogP contribution < -0.4 is 4.74 Å². The first kappa shape index (κ1) is 19.1. The summed E-state index contributed by atoms with van der Waals surface area (Å²) < 4.78 is 13.6. The van der Waals surface area contributed by atoms with Crippen LogP contribution in [0.3, 0.4) is 0 Å². The zero-order valence-electron chi connectivity index (χ0n) is 17.6. The molecule has 2 aromatic heterocycles. The lowest BCUT2D eigenvalue weighted by Gasteiger charge is -2.45. The van der Waals surface area contributed by atoms with Gasteiger partial charge in [0.1, 0.15) is 17.1 Å². The number of hydrogen-bond acceptors (Lipinski definition) is 5. The van der Waals surface area contributed by atoms with Crippen LogP contribution in [-0.2, 0) is 23.8 Å². The first-order valence-electron chi connectivity index (χ1n) is 10.4. The average Bonchev–Trinajstić information content (AvgIpc) is 3.07. The van der Waals surface area contributed by atoms with E-state index in [-0.39, 0.29) is 11.5 Å². The normalized spacial score (nSPS) is 17.9. The number of piperidine rings is 1. The minimum absolute atomic E-state index is 0.0149. The highest BCUT2D eigenvalue weighted by molar-refractivity contribution is 6.04. The van der Waals surface area contributed by atoms with Gasteiger partial charge in [0.15, 0.2) is 5.65 Å². The van der Waals surface area contributed by atoms with Crippen molar-refractivity contribution in [3.05, 3.63) is 53.0 Å². The van der Waals surface area contributed by atoms with Crippen LogP contribution in [0.25, 0.3) is 11.2 Å². The van der Waals surface area contributed by atoms with E-state index in [9.17, 15) is 4.79 Å². The summed E-state index contributed by atoms with van der Waals surface area (Å²) >= 11 is 0. The Kier molecular flexibility index (Phi) is 4.50. The monoisotopic (exact) mass is 406 g/mol. The zero-order chi connectivity index (χ0) is 20.9. The van der Waals surface area contributed by atoms with Gasteiger partial charge in [0.05, 0.1) is 24.9 Å². The number of rotatable bonds is 2. The molecule has 1 amide bonds. The Morgan fingerprint density at radius 3 is 2.80 bits per heavy atom. The predicted molar refractivity (Wildman–Crippen MR) is 113 cm³/mol. The van der Waals surface area contributed by atoms with Crippen LogP contribution in [0.2, 0.25) is 0 Å². The fourth-order valence-electron chi connectivity index (χ4n) is 4.80. The van der Waals surface area contributed by atoms with Gasteiger partial charge >= 0.3 is 0 Å². The van der Waals surface area contributed by atoms with Crippen LogP contribution in [0.15, 0.2) is 30.5 Å². The number of aryl methyl sites for hydroxylation is 2. The number of amides is 1. The van der Waals surface area contributed by atoms with Crippen molar-refractivity contribution in [2.45, 2.75) is 31.8 Å². The number of carbonyl (C=O) groups excluding carboxylic acids is 1. The maximum atomic E-state index is 13.3. The number of benzene rings is 1. The summed E-state index contributed by atoms with van der Waals surface area (Å²) in [5.41, 5.74) is 4.26. The molecule has 30 heavy (non-hydrogen) atoms. The van der Waals surface area contributed by atoms with Crippen molar-refractivity contribution in [2.75, 3.05) is 26.8 Å². The second-order valence-corrected chi connectivity index (χ2v) is 8.16. The third kappa shape index (κ3) is 2.88. The molecule has 0 atom stereocenters. The highest BCUT2D eigenvalue weighted by Gasteiger charge is 2.42. The quantitative estimate of drug-likeness (QED) is 0.654. The number of ether oxygens (including phenoxy) is 2. The van der Waals surface area contributed by atoms with Gasteiger partial charge in [0, 0.05) is 26.3 Å². The lowest BCUT2D eigenvalue weighted by Crippen LogP contribution is -2.48. The number of hydrogen-bond donors (Lipinski definition) is 0. The van der Waals surface area contributed by atoms with Crippen molar-refractivity contribution >= 4 is 17.1 Å². The molecular weight excluding hydrogens is 380 g/mol. The summed E-state index contributed by atoms with van der Waals surface area (Å²) in [6.07, 6.45) is 4.15. The predicted octanol–water partition coefficient (Wildman–Crippen LogP) is 2.99. The molecule has 5 rings (SSSR count). The molecule has 2 aliphatic heterocycles. The summed E-state index contributed by atoms with van der Waals surface area (Å²) in [7, 11) is 3.61. The molecule has 3 aromatic rings. The maximum Gasteiger partial charge on any atom is 0.256 e.